The Bertz CT molecular complexity index is 567. The summed E-state index contributed by atoms with van der Waals surface area (Å²) < 4.78 is 6.33. The summed E-state index contributed by atoms with van der Waals surface area (Å²) in [6.07, 6.45) is -0.314. The van der Waals surface area contributed by atoms with Crippen LogP contribution in [0.25, 0.3) is 0 Å². The van der Waals surface area contributed by atoms with Crippen molar-refractivity contribution in [3.05, 3.63) is 20.8 Å². The second-order valence-corrected chi connectivity index (χ2v) is 8.23. The molecule has 122 valence electrons. The minimum atomic E-state index is -0.507. The van der Waals surface area contributed by atoms with E-state index in [9.17, 15) is 9.59 Å². The number of piperazine rings is 1. The molecule has 5 nitrogen and oxygen atoms in total. The first kappa shape index (κ1) is 17.3. The Morgan fingerprint density at radius 1 is 1.36 bits per heavy atom. The van der Waals surface area contributed by atoms with E-state index in [1.807, 2.05) is 39.1 Å². The van der Waals surface area contributed by atoms with E-state index in [-0.39, 0.29) is 18.0 Å². The van der Waals surface area contributed by atoms with Crippen LogP contribution in [0, 0.1) is 0 Å². The van der Waals surface area contributed by atoms with Crippen LogP contribution in [0.3, 0.4) is 0 Å². The van der Waals surface area contributed by atoms with Crippen molar-refractivity contribution in [2.75, 3.05) is 19.6 Å². The molecular weight excluding hydrogens is 368 g/mol. The molecule has 2 rings (SSSR count). The monoisotopic (exact) mass is 388 g/mol. The van der Waals surface area contributed by atoms with Crippen LogP contribution < -0.4 is 0 Å². The number of amides is 2. The number of ether oxygens (including phenoxy) is 1. The van der Waals surface area contributed by atoms with Crippen molar-refractivity contribution in [2.45, 2.75) is 39.3 Å². The van der Waals surface area contributed by atoms with Gasteiger partial charge in [-0.15, -0.1) is 11.3 Å². The SMILES string of the molecule is CC1CN(C(=O)c2cc(Br)cs2)CCN1C(=O)OC(C)(C)C. The van der Waals surface area contributed by atoms with Gasteiger partial charge in [0, 0.05) is 35.5 Å². The molecule has 0 bridgehead atoms. The Kier molecular flexibility index (Phi) is 5.17. The Morgan fingerprint density at radius 2 is 2.05 bits per heavy atom. The van der Waals surface area contributed by atoms with Crippen molar-refractivity contribution in [3.63, 3.8) is 0 Å². The Balaban J connectivity index is 1.98. The summed E-state index contributed by atoms with van der Waals surface area (Å²) in [6.45, 7) is 9.03. The molecule has 1 aromatic heterocycles. The molecule has 0 saturated carbocycles. The lowest BCUT2D eigenvalue weighted by Crippen LogP contribution is -2.56. The highest BCUT2D eigenvalue weighted by Crippen LogP contribution is 2.23. The smallest absolute Gasteiger partial charge is 0.410 e. The second kappa shape index (κ2) is 6.58. The highest BCUT2D eigenvalue weighted by Gasteiger charge is 2.33. The highest BCUT2D eigenvalue weighted by molar-refractivity contribution is 9.10. The van der Waals surface area contributed by atoms with Crippen molar-refractivity contribution >= 4 is 39.3 Å². The Hall–Kier alpha value is -1.08. The van der Waals surface area contributed by atoms with Gasteiger partial charge in [0.25, 0.3) is 5.91 Å². The van der Waals surface area contributed by atoms with Gasteiger partial charge in [0.2, 0.25) is 0 Å². The number of nitrogens with zero attached hydrogens (tertiary/aromatic N) is 2. The maximum absolute atomic E-state index is 12.4. The van der Waals surface area contributed by atoms with E-state index in [0.29, 0.717) is 24.5 Å². The third-order valence-corrected chi connectivity index (χ3v) is 5.00. The van der Waals surface area contributed by atoms with Gasteiger partial charge in [-0.1, -0.05) is 0 Å². The van der Waals surface area contributed by atoms with Crippen molar-refractivity contribution in [3.8, 4) is 0 Å². The largest absolute Gasteiger partial charge is 0.444 e. The number of hydrogen-bond donors (Lipinski definition) is 0. The molecule has 0 radical (unpaired) electrons. The quantitative estimate of drug-likeness (QED) is 0.738. The zero-order valence-corrected chi connectivity index (χ0v) is 15.7. The summed E-state index contributed by atoms with van der Waals surface area (Å²) >= 11 is 4.79. The number of halogens is 1. The summed E-state index contributed by atoms with van der Waals surface area (Å²) in [7, 11) is 0. The van der Waals surface area contributed by atoms with Crippen LogP contribution >= 0.6 is 27.3 Å². The lowest BCUT2D eigenvalue weighted by molar-refractivity contribution is 0.00205. The van der Waals surface area contributed by atoms with E-state index < -0.39 is 5.60 Å². The highest BCUT2D eigenvalue weighted by atomic mass is 79.9. The summed E-state index contributed by atoms with van der Waals surface area (Å²) in [5.41, 5.74) is -0.507. The van der Waals surface area contributed by atoms with Crippen LogP contribution in [0.15, 0.2) is 15.9 Å². The summed E-state index contributed by atoms with van der Waals surface area (Å²) in [4.78, 5) is 28.8. The molecule has 1 atom stereocenters. The van der Waals surface area contributed by atoms with E-state index in [2.05, 4.69) is 15.9 Å². The van der Waals surface area contributed by atoms with Crippen molar-refractivity contribution in [1.82, 2.24) is 9.80 Å². The van der Waals surface area contributed by atoms with Gasteiger partial charge >= 0.3 is 6.09 Å². The van der Waals surface area contributed by atoms with Crippen molar-refractivity contribution in [2.24, 2.45) is 0 Å². The van der Waals surface area contributed by atoms with Gasteiger partial charge in [-0.25, -0.2) is 4.79 Å². The van der Waals surface area contributed by atoms with E-state index in [1.165, 1.54) is 11.3 Å². The fourth-order valence-corrected chi connectivity index (χ4v) is 3.71. The molecule has 1 saturated heterocycles. The minimum Gasteiger partial charge on any atom is -0.444 e. The molecule has 0 N–H and O–H groups in total. The standard InChI is InChI=1S/C15H21BrN2O3S/c1-10-8-17(13(19)12-7-11(16)9-22-12)5-6-18(10)14(20)21-15(2,3)4/h7,9-10H,5-6,8H2,1-4H3. The van der Waals surface area contributed by atoms with Crippen LogP contribution in [0.2, 0.25) is 0 Å². The fraction of sp³-hybridized carbons (Fsp3) is 0.600. The number of carbonyl (C=O) groups is 2. The first-order chi connectivity index (χ1) is 10.2. The van der Waals surface area contributed by atoms with Gasteiger partial charge in [0.1, 0.15) is 5.60 Å². The number of carbonyl (C=O) groups excluding carboxylic acids is 2. The first-order valence-corrected chi connectivity index (χ1v) is 8.87. The number of hydrogen-bond acceptors (Lipinski definition) is 4. The molecule has 1 aliphatic rings. The fourth-order valence-electron chi connectivity index (χ4n) is 2.31. The summed E-state index contributed by atoms with van der Waals surface area (Å²) in [6, 6.07) is 1.77. The van der Waals surface area contributed by atoms with Crippen LogP contribution in [0.1, 0.15) is 37.4 Å². The molecule has 1 aliphatic heterocycles. The molecule has 1 unspecified atom stereocenters. The molecule has 1 fully saturated rings. The molecule has 1 aromatic rings. The van der Waals surface area contributed by atoms with Crippen molar-refractivity contribution < 1.29 is 14.3 Å². The Morgan fingerprint density at radius 3 is 2.55 bits per heavy atom. The minimum absolute atomic E-state index is 0.0198. The summed E-state index contributed by atoms with van der Waals surface area (Å²) in [5, 5.41) is 1.90. The molecule has 7 heteroatoms. The zero-order valence-electron chi connectivity index (χ0n) is 13.3. The van der Waals surface area contributed by atoms with Crippen LogP contribution in [0.4, 0.5) is 4.79 Å². The van der Waals surface area contributed by atoms with Gasteiger partial charge in [0.05, 0.1) is 4.88 Å². The zero-order chi connectivity index (χ0) is 16.5. The van der Waals surface area contributed by atoms with Gasteiger partial charge in [-0.05, 0) is 49.7 Å². The molecule has 0 aliphatic carbocycles. The van der Waals surface area contributed by atoms with E-state index in [1.54, 1.807) is 9.80 Å². The third kappa shape index (κ3) is 4.23. The predicted molar refractivity (Wildman–Crippen MR) is 90.3 cm³/mol. The van der Waals surface area contributed by atoms with Gasteiger partial charge in [0.15, 0.2) is 0 Å². The summed E-state index contributed by atoms with van der Waals surface area (Å²) in [5.74, 6) is 0.0198. The van der Waals surface area contributed by atoms with E-state index in [4.69, 9.17) is 4.74 Å². The van der Waals surface area contributed by atoms with Crippen LogP contribution in [0.5, 0.6) is 0 Å². The normalized spacial score (nSPS) is 19.2. The maximum atomic E-state index is 12.4. The van der Waals surface area contributed by atoms with E-state index in [0.717, 1.165) is 4.47 Å². The van der Waals surface area contributed by atoms with Gasteiger partial charge in [-0.3, -0.25) is 4.79 Å². The van der Waals surface area contributed by atoms with Crippen molar-refractivity contribution in [1.29, 1.82) is 0 Å². The number of rotatable bonds is 1. The predicted octanol–water partition coefficient (Wildman–Crippen LogP) is 3.59. The first-order valence-electron chi connectivity index (χ1n) is 7.20. The molecule has 0 spiro atoms. The molecule has 0 aromatic carbocycles. The molecular formula is C15H21BrN2O3S. The average molecular weight is 389 g/mol. The topological polar surface area (TPSA) is 49.9 Å². The molecule has 2 amide bonds. The molecule has 2 heterocycles. The maximum Gasteiger partial charge on any atom is 0.410 e. The third-order valence-electron chi connectivity index (χ3n) is 3.32. The number of thiophene rings is 1. The van der Waals surface area contributed by atoms with Gasteiger partial charge in [-0.2, -0.15) is 0 Å². The average Bonchev–Trinajstić information content (AvgIpc) is 2.82. The van der Waals surface area contributed by atoms with E-state index >= 15 is 0 Å². The lowest BCUT2D eigenvalue weighted by atomic mass is 10.2. The molecule has 22 heavy (non-hydrogen) atoms. The van der Waals surface area contributed by atoms with Crippen LogP contribution in [-0.4, -0.2) is 53.1 Å². The second-order valence-electron chi connectivity index (χ2n) is 6.40. The Labute approximate surface area is 143 Å². The lowest BCUT2D eigenvalue weighted by Gasteiger charge is -2.40. The van der Waals surface area contributed by atoms with Gasteiger partial charge < -0.3 is 14.5 Å². The van der Waals surface area contributed by atoms with Crippen LogP contribution in [-0.2, 0) is 4.74 Å².